The summed E-state index contributed by atoms with van der Waals surface area (Å²) in [6.07, 6.45) is 0. The smallest absolute Gasteiger partial charge is 0.316 e. The first-order chi connectivity index (χ1) is 8.67. The normalized spacial score (nSPS) is 11.7. The minimum atomic E-state index is -0.467. The van der Waals surface area contributed by atoms with Gasteiger partial charge in [-0.15, -0.1) is 0 Å². The van der Waals surface area contributed by atoms with E-state index >= 15 is 0 Å². The summed E-state index contributed by atoms with van der Waals surface area (Å²) in [4.78, 5) is 20.1. The summed E-state index contributed by atoms with van der Waals surface area (Å²) in [6.45, 7) is 9.52. The van der Waals surface area contributed by atoms with Crippen molar-refractivity contribution in [2.75, 3.05) is 11.5 Å². The predicted octanol–water partition coefficient (Wildman–Crippen LogP) is 2.62. The first kappa shape index (κ1) is 15.8. The number of nitrogens with zero attached hydrogens (tertiary/aromatic N) is 2. The van der Waals surface area contributed by atoms with Crippen LogP contribution in [0, 0.1) is 0 Å². The van der Waals surface area contributed by atoms with Gasteiger partial charge in [0, 0.05) is 12.0 Å². The Morgan fingerprint density at radius 2 is 2.05 bits per heavy atom. The van der Waals surface area contributed by atoms with Crippen LogP contribution in [0.2, 0.25) is 0 Å². The quantitative estimate of drug-likeness (QED) is 0.520. The lowest BCUT2D eigenvalue weighted by atomic mass is 10.2. The molecule has 0 bridgehead atoms. The molecule has 0 fully saturated rings. The maximum Gasteiger partial charge on any atom is 0.316 e. The van der Waals surface area contributed by atoms with Crippen molar-refractivity contribution < 1.29 is 9.53 Å². The summed E-state index contributed by atoms with van der Waals surface area (Å²) in [5.74, 6) is 1.26. The van der Waals surface area contributed by atoms with Crippen molar-refractivity contribution in [1.29, 1.82) is 0 Å². The second-order valence-corrected chi connectivity index (χ2v) is 6.51. The first-order valence-corrected chi connectivity index (χ1v) is 7.15. The molecule has 6 heteroatoms. The zero-order chi connectivity index (χ0) is 14.6. The van der Waals surface area contributed by atoms with Crippen LogP contribution in [-0.4, -0.2) is 27.3 Å². The molecule has 0 saturated carbocycles. The van der Waals surface area contributed by atoms with E-state index in [4.69, 9.17) is 10.5 Å². The molecule has 1 rings (SSSR count). The molecule has 19 heavy (non-hydrogen) atoms. The molecule has 2 N–H and O–H groups in total. The molecule has 0 spiro atoms. The lowest BCUT2D eigenvalue weighted by Crippen LogP contribution is -2.24. The summed E-state index contributed by atoms with van der Waals surface area (Å²) in [7, 11) is 0. The van der Waals surface area contributed by atoms with Crippen LogP contribution < -0.4 is 5.73 Å². The molecular weight excluding hydrogens is 262 g/mol. The SMILES string of the molecule is CC(C)c1nc(N)cc(SCC(=O)OC(C)(C)C)n1. The molecule has 0 aliphatic rings. The van der Waals surface area contributed by atoms with Gasteiger partial charge in [-0.3, -0.25) is 4.79 Å². The highest BCUT2D eigenvalue weighted by molar-refractivity contribution is 7.99. The van der Waals surface area contributed by atoms with E-state index < -0.39 is 5.60 Å². The van der Waals surface area contributed by atoms with Crippen molar-refractivity contribution in [2.24, 2.45) is 0 Å². The van der Waals surface area contributed by atoms with Crippen molar-refractivity contribution in [3.8, 4) is 0 Å². The third-order valence-electron chi connectivity index (χ3n) is 2.01. The van der Waals surface area contributed by atoms with E-state index in [1.807, 2.05) is 34.6 Å². The Labute approximate surface area is 118 Å². The molecule has 1 heterocycles. The summed E-state index contributed by atoms with van der Waals surface area (Å²) >= 11 is 1.31. The molecule has 0 unspecified atom stereocenters. The molecule has 1 aromatic rings. The highest BCUT2D eigenvalue weighted by Gasteiger charge is 2.17. The predicted molar refractivity (Wildman–Crippen MR) is 77.1 cm³/mol. The number of hydrogen-bond donors (Lipinski definition) is 1. The molecule has 0 amide bonds. The van der Waals surface area contributed by atoms with Crippen LogP contribution >= 0.6 is 11.8 Å². The van der Waals surface area contributed by atoms with Gasteiger partial charge in [-0.05, 0) is 20.8 Å². The molecule has 0 radical (unpaired) electrons. The molecule has 106 valence electrons. The second-order valence-electron chi connectivity index (χ2n) is 5.52. The van der Waals surface area contributed by atoms with Gasteiger partial charge in [-0.1, -0.05) is 25.6 Å². The van der Waals surface area contributed by atoms with Gasteiger partial charge in [0.1, 0.15) is 22.3 Å². The number of carbonyl (C=O) groups excluding carboxylic acids is 1. The Hall–Kier alpha value is -1.30. The van der Waals surface area contributed by atoms with Crippen molar-refractivity contribution in [1.82, 2.24) is 9.97 Å². The van der Waals surface area contributed by atoms with Gasteiger partial charge in [-0.25, -0.2) is 9.97 Å². The Morgan fingerprint density at radius 3 is 2.58 bits per heavy atom. The zero-order valence-corrected chi connectivity index (χ0v) is 12.9. The number of aromatic nitrogens is 2. The second kappa shape index (κ2) is 6.23. The monoisotopic (exact) mass is 283 g/mol. The average molecular weight is 283 g/mol. The minimum Gasteiger partial charge on any atom is -0.459 e. The fraction of sp³-hybridized carbons (Fsp3) is 0.615. The van der Waals surface area contributed by atoms with Gasteiger partial charge < -0.3 is 10.5 Å². The molecule has 0 saturated heterocycles. The zero-order valence-electron chi connectivity index (χ0n) is 12.1. The molecule has 0 aliphatic heterocycles. The highest BCUT2D eigenvalue weighted by atomic mass is 32.2. The number of nitrogen functional groups attached to an aromatic ring is 1. The maximum atomic E-state index is 11.6. The summed E-state index contributed by atoms with van der Waals surface area (Å²) in [5, 5.41) is 0.696. The van der Waals surface area contributed by atoms with Crippen LogP contribution in [-0.2, 0) is 9.53 Å². The maximum absolute atomic E-state index is 11.6. The summed E-state index contributed by atoms with van der Waals surface area (Å²) in [6, 6.07) is 1.67. The fourth-order valence-corrected chi connectivity index (χ4v) is 1.98. The number of esters is 1. The van der Waals surface area contributed by atoms with Gasteiger partial charge in [0.15, 0.2) is 0 Å². The van der Waals surface area contributed by atoms with Gasteiger partial charge in [0.05, 0.1) is 5.75 Å². The fourth-order valence-electron chi connectivity index (χ4n) is 1.30. The van der Waals surface area contributed by atoms with Crippen molar-refractivity contribution in [3.63, 3.8) is 0 Å². The Bertz CT molecular complexity index is 456. The minimum absolute atomic E-state index is 0.198. The third-order valence-corrected chi connectivity index (χ3v) is 2.90. The molecule has 0 aromatic carbocycles. The topological polar surface area (TPSA) is 78.1 Å². The van der Waals surface area contributed by atoms with Gasteiger partial charge >= 0.3 is 5.97 Å². The largest absolute Gasteiger partial charge is 0.459 e. The molecular formula is C13H21N3O2S. The highest BCUT2D eigenvalue weighted by Crippen LogP contribution is 2.21. The average Bonchev–Trinajstić information content (AvgIpc) is 2.23. The van der Waals surface area contributed by atoms with Crippen molar-refractivity contribution in [2.45, 2.75) is 51.2 Å². The lowest BCUT2D eigenvalue weighted by molar-refractivity contribution is -0.151. The number of anilines is 1. The van der Waals surface area contributed by atoms with Crippen molar-refractivity contribution in [3.05, 3.63) is 11.9 Å². The van der Waals surface area contributed by atoms with Crippen LogP contribution in [0.1, 0.15) is 46.4 Å². The van der Waals surface area contributed by atoms with Gasteiger partial charge in [-0.2, -0.15) is 0 Å². The van der Waals surface area contributed by atoms with E-state index in [0.717, 1.165) is 0 Å². The van der Waals surface area contributed by atoms with E-state index in [1.165, 1.54) is 11.8 Å². The van der Waals surface area contributed by atoms with Crippen LogP contribution in [0.4, 0.5) is 5.82 Å². The van der Waals surface area contributed by atoms with E-state index in [1.54, 1.807) is 6.07 Å². The third kappa shape index (κ3) is 5.92. The number of nitrogens with two attached hydrogens (primary N) is 1. The van der Waals surface area contributed by atoms with E-state index in [-0.39, 0.29) is 17.6 Å². The molecule has 0 atom stereocenters. The number of rotatable bonds is 4. The van der Waals surface area contributed by atoms with E-state index in [0.29, 0.717) is 16.7 Å². The van der Waals surface area contributed by atoms with Gasteiger partial charge in [0.25, 0.3) is 0 Å². The Kier molecular flexibility index (Phi) is 5.17. The van der Waals surface area contributed by atoms with Crippen LogP contribution in [0.25, 0.3) is 0 Å². The summed E-state index contributed by atoms with van der Waals surface area (Å²) < 4.78 is 5.23. The van der Waals surface area contributed by atoms with Gasteiger partial charge in [0.2, 0.25) is 0 Å². The van der Waals surface area contributed by atoms with E-state index in [9.17, 15) is 4.79 Å². The Morgan fingerprint density at radius 1 is 1.42 bits per heavy atom. The van der Waals surface area contributed by atoms with Crippen LogP contribution in [0.3, 0.4) is 0 Å². The lowest BCUT2D eigenvalue weighted by Gasteiger charge is -2.19. The summed E-state index contributed by atoms with van der Waals surface area (Å²) in [5.41, 5.74) is 5.26. The number of ether oxygens (including phenoxy) is 1. The molecule has 1 aromatic heterocycles. The molecule has 5 nitrogen and oxygen atoms in total. The van der Waals surface area contributed by atoms with Crippen molar-refractivity contribution >= 4 is 23.5 Å². The first-order valence-electron chi connectivity index (χ1n) is 6.16. The number of carbonyl (C=O) groups is 1. The number of thioether (sulfide) groups is 1. The Balaban J connectivity index is 2.65. The van der Waals surface area contributed by atoms with Crippen LogP contribution in [0.15, 0.2) is 11.1 Å². The standard InChI is InChI=1S/C13H21N3O2S/c1-8(2)12-15-9(14)6-10(16-12)19-7-11(17)18-13(3,4)5/h6,8H,7H2,1-5H3,(H2,14,15,16). The van der Waals surface area contributed by atoms with Crippen LogP contribution in [0.5, 0.6) is 0 Å². The molecule has 0 aliphatic carbocycles. The number of hydrogen-bond acceptors (Lipinski definition) is 6. The van der Waals surface area contributed by atoms with E-state index in [2.05, 4.69) is 9.97 Å².